The van der Waals surface area contributed by atoms with Crippen molar-refractivity contribution in [2.75, 3.05) is 26.2 Å². The molecule has 2 saturated heterocycles. The summed E-state index contributed by atoms with van der Waals surface area (Å²) in [6.07, 6.45) is 26.4. The molecule has 1 aliphatic carbocycles. The number of aryl methyl sites for hydroxylation is 1. The first-order valence-corrected chi connectivity index (χ1v) is 17.7. The molecular formula is C39H50N4O. The third kappa shape index (κ3) is 4.56. The van der Waals surface area contributed by atoms with Crippen LogP contribution in [0.2, 0.25) is 0 Å². The molecule has 5 aliphatic rings. The number of nitrogens with zero attached hydrogens (tertiary/aromatic N) is 4. The fraction of sp³-hybridized carbons (Fsp3) is 0.564. The number of hydrogen-bond donors (Lipinski definition) is 1. The smallest absolute Gasteiger partial charge is 0.0998 e. The van der Waals surface area contributed by atoms with Crippen molar-refractivity contribution >= 4 is 27.4 Å². The molecule has 1 N–H and O–H groups in total. The lowest BCUT2D eigenvalue weighted by Gasteiger charge is -2.58. The van der Waals surface area contributed by atoms with E-state index in [1.807, 2.05) is 6.20 Å². The lowest BCUT2D eigenvalue weighted by atomic mass is 9.54. The van der Waals surface area contributed by atoms with E-state index in [2.05, 4.69) is 82.0 Å². The molecule has 6 atom stereocenters. The number of aromatic nitrogens is 2. The van der Waals surface area contributed by atoms with E-state index >= 15 is 0 Å². The molecule has 6 heterocycles. The maximum Gasteiger partial charge on any atom is 0.0998 e. The van der Waals surface area contributed by atoms with E-state index in [-0.39, 0.29) is 11.5 Å². The Morgan fingerprint density at radius 3 is 2.68 bits per heavy atom. The van der Waals surface area contributed by atoms with Crippen LogP contribution in [0.3, 0.4) is 0 Å². The largest absolute Gasteiger partial charge is 0.384 e. The molecule has 232 valence electrons. The normalized spacial score (nSPS) is 35.9. The van der Waals surface area contributed by atoms with Gasteiger partial charge >= 0.3 is 0 Å². The van der Waals surface area contributed by atoms with Gasteiger partial charge in [0.05, 0.1) is 22.9 Å². The molecule has 3 aromatic rings. The van der Waals surface area contributed by atoms with E-state index in [1.54, 1.807) is 0 Å². The van der Waals surface area contributed by atoms with Crippen molar-refractivity contribution in [1.82, 2.24) is 19.4 Å². The van der Waals surface area contributed by atoms with Crippen LogP contribution in [0, 0.1) is 11.3 Å². The summed E-state index contributed by atoms with van der Waals surface area (Å²) < 4.78 is 2.53. The molecule has 5 heteroatoms. The Kier molecular flexibility index (Phi) is 7.55. The first kappa shape index (κ1) is 28.7. The van der Waals surface area contributed by atoms with Crippen molar-refractivity contribution in [1.29, 1.82) is 0 Å². The summed E-state index contributed by atoms with van der Waals surface area (Å²) in [6.45, 7) is 7.74. The van der Waals surface area contributed by atoms with Gasteiger partial charge in [0.2, 0.25) is 0 Å². The fourth-order valence-corrected chi connectivity index (χ4v) is 10.3. The van der Waals surface area contributed by atoms with Crippen LogP contribution in [-0.4, -0.2) is 68.3 Å². The van der Waals surface area contributed by atoms with Crippen LogP contribution in [0.15, 0.2) is 66.9 Å². The Hall–Kier alpha value is -2.73. The van der Waals surface area contributed by atoms with Crippen LogP contribution >= 0.6 is 0 Å². The monoisotopic (exact) mass is 590 g/mol. The Morgan fingerprint density at radius 1 is 0.932 bits per heavy atom. The van der Waals surface area contributed by atoms with Gasteiger partial charge in [0, 0.05) is 47.0 Å². The average molecular weight is 591 g/mol. The number of piperidine rings is 1. The molecule has 0 amide bonds. The zero-order chi connectivity index (χ0) is 29.7. The third-order valence-corrected chi connectivity index (χ3v) is 11.9. The molecule has 0 saturated carbocycles. The molecule has 1 aromatic carbocycles. The van der Waals surface area contributed by atoms with Crippen molar-refractivity contribution in [2.24, 2.45) is 11.3 Å². The number of rotatable bonds is 3. The predicted molar refractivity (Wildman–Crippen MR) is 182 cm³/mol. The van der Waals surface area contributed by atoms with Crippen LogP contribution < -0.4 is 0 Å². The van der Waals surface area contributed by atoms with E-state index in [0.717, 1.165) is 70.4 Å². The highest BCUT2D eigenvalue weighted by molar-refractivity contribution is 6.10. The van der Waals surface area contributed by atoms with E-state index in [1.165, 1.54) is 66.0 Å². The molecule has 3 bridgehead atoms. The molecule has 2 aromatic heterocycles. The lowest BCUT2D eigenvalue weighted by Crippen LogP contribution is -2.65. The highest BCUT2D eigenvalue weighted by atomic mass is 16.3. The topological polar surface area (TPSA) is 44.5 Å². The Balaban J connectivity index is 1.37. The molecular weight excluding hydrogens is 540 g/mol. The van der Waals surface area contributed by atoms with Crippen molar-refractivity contribution in [3.8, 4) is 0 Å². The minimum absolute atomic E-state index is 0.000352. The summed E-state index contributed by atoms with van der Waals surface area (Å²) in [6, 6.07) is 11.6. The highest BCUT2D eigenvalue weighted by Gasteiger charge is 2.65. The zero-order valence-electron chi connectivity index (χ0n) is 26.6. The van der Waals surface area contributed by atoms with Crippen molar-refractivity contribution in [3.63, 3.8) is 0 Å². The number of pyridine rings is 1. The first-order valence-electron chi connectivity index (χ1n) is 17.7. The molecule has 1 unspecified atom stereocenters. The summed E-state index contributed by atoms with van der Waals surface area (Å²) in [7, 11) is 0. The molecule has 44 heavy (non-hydrogen) atoms. The number of aliphatic hydroxyl groups is 1. The van der Waals surface area contributed by atoms with Crippen LogP contribution in [0.4, 0.5) is 0 Å². The van der Waals surface area contributed by atoms with E-state index in [4.69, 9.17) is 4.98 Å². The summed E-state index contributed by atoms with van der Waals surface area (Å²) >= 11 is 0. The summed E-state index contributed by atoms with van der Waals surface area (Å²) in [5, 5.41) is 15.8. The number of fused-ring (bicyclic) bond motifs is 5. The van der Waals surface area contributed by atoms with Gasteiger partial charge in [0.15, 0.2) is 0 Å². The fourth-order valence-electron chi connectivity index (χ4n) is 10.3. The lowest BCUT2D eigenvalue weighted by molar-refractivity contribution is -0.0894. The second-order valence-electron chi connectivity index (χ2n) is 14.5. The SMILES string of the molecule is CCCn1c2ccccc2c2ccnc(C3=C[C@@]4(O)CC/C=C\CCCCN5CC[C@@H]3[C@]3(C[C@@H]6/C=C\CCCCN6[C@H]34)C5)c21. The molecule has 0 radical (unpaired) electrons. The maximum atomic E-state index is 13.2. The number of allylic oxidation sites excluding steroid dienone is 4. The van der Waals surface area contributed by atoms with Gasteiger partial charge in [-0.15, -0.1) is 0 Å². The van der Waals surface area contributed by atoms with Crippen LogP contribution in [-0.2, 0) is 6.54 Å². The van der Waals surface area contributed by atoms with E-state index in [9.17, 15) is 5.11 Å². The van der Waals surface area contributed by atoms with Gasteiger partial charge < -0.3 is 14.6 Å². The van der Waals surface area contributed by atoms with Gasteiger partial charge in [-0.05, 0) is 120 Å². The van der Waals surface area contributed by atoms with Gasteiger partial charge in [0.1, 0.15) is 0 Å². The molecule has 5 nitrogen and oxygen atoms in total. The van der Waals surface area contributed by atoms with Crippen LogP contribution in [0.5, 0.6) is 0 Å². The van der Waals surface area contributed by atoms with Crippen LogP contribution in [0.1, 0.15) is 83.2 Å². The summed E-state index contributed by atoms with van der Waals surface area (Å²) in [5.74, 6) is 0.387. The minimum atomic E-state index is -0.902. The third-order valence-electron chi connectivity index (χ3n) is 11.9. The average Bonchev–Trinajstić information content (AvgIpc) is 3.50. The summed E-state index contributed by atoms with van der Waals surface area (Å²) in [5.41, 5.74) is 4.11. The van der Waals surface area contributed by atoms with Gasteiger partial charge in [-0.1, -0.05) is 49.4 Å². The molecule has 8 rings (SSSR count). The van der Waals surface area contributed by atoms with Crippen LogP contribution in [0.25, 0.3) is 27.4 Å². The molecule has 2 fully saturated rings. The van der Waals surface area contributed by atoms with E-state index < -0.39 is 5.60 Å². The standard InChI is InChI=1S/C39H50N4O/c1-2-22-43-34-17-11-10-16-30(34)31-18-21-40-35(36(31)43)32-27-39(44)20-12-6-3-4-7-13-23-41-25-19-33(32)38(28-41)26-29-15-9-5-8-14-24-42(29)37(38)39/h3,6,9-11,15-18,21,27,29,33,37,44H,2,4-5,7-8,12-14,19-20,22-26,28H2,1H3/b6-3-,15-9-/t29-,33-,37+,38-,39-/m0/s1. The van der Waals surface area contributed by atoms with Gasteiger partial charge in [-0.25, -0.2) is 0 Å². The van der Waals surface area contributed by atoms with Crippen molar-refractivity contribution in [3.05, 3.63) is 72.6 Å². The second-order valence-corrected chi connectivity index (χ2v) is 14.5. The first-order chi connectivity index (χ1) is 21.6. The maximum absolute atomic E-state index is 13.2. The molecule has 4 aliphatic heterocycles. The highest BCUT2D eigenvalue weighted by Crippen LogP contribution is 2.61. The number of benzene rings is 1. The zero-order valence-corrected chi connectivity index (χ0v) is 26.6. The Bertz CT molecular complexity index is 1620. The minimum Gasteiger partial charge on any atom is -0.384 e. The Morgan fingerprint density at radius 2 is 1.77 bits per heavy atom. The summed E-state index contributed by atoms with van der Waals surface area (Å²) in [4.78, 5) is 10.8. The number of hydrogen-bond acceptors (Lipinski definition) is 4. The Labute approximate surface area is 263 Å². The van der Waals surface area contributed by atoms with Gasteiger partial charge in [-0.3, -0.25) is 9.88 Å². The number of para-hydroxylation sites is 1. The second kappa shape index (κ2) is 11.6. The molecule has 1 spiro atoms. The van der Waals surface area contributed by atoms with Crippen molar-refractivity contribution in [2.45, 2.75) is 102 Å². The van der Waals surface area contributed by atoms with Crippen molar-refractivity contribution < 1.29 is 5.11 Å². The van der Waals surface area contributed by atoms with E-state index in [0.29, 0.717) is 12.0 Å². The predicted octanol–water partition coefficient (Wildman–Crippen LogP) is 7.74. The van der Waals surface area contributed by atoms with Gasteiger partial charge in [-0.2, -0.15) is 0 Å². The quantitative estimate of drug-likeness (QED) is 0.317. The van der Waals surface area contributed by atoms with Gasteiger partial charge in [0.25, 0.3) is 0 Å².